The van der Waals surface area contributed by atoms with Gasteiger partial charge in [0.1, 0.15) is 12.4 Å². The van der Waals surface area contributed by atoms with E-state index in [0.29, 0.717) is 22.7 Å². The third-order valence-corrected chi connectivity index (χ3v) is 3.77. The summed E-state index contributed by atoms with van der Waals surface area (Å²) >= 11 is 3.17. The molecule has 0 bridgehead atoms. The summed E-state index contributed by atoms with van der Waals surface area (Å²) in [6.07, 6.45) is 2.28. The van der Waals surface area contributed by atoms with Crippen molar-refractivity contribution in [3.8, 4) is 5.75 Å². The Balaban J connectivity index is 1.59. The molecule has 1 fully saturated rings. The molecule has 1 aromatic heterocycles. The van der Waals surface area contributed by atoms with Crippen LogP contribution in [0.3, 0.4) is 0 Å². The van der Waals surface area contributed by atoms with Crippen LogP contribution in [0.2, 0.25) is 0 Å². The van der Waals surface area contributed by atoms with E-state index in [1.165, 1.54) is 0 Å². The maximum absolute atomic E-state index is 12.0. The first-order chi connectivity index (χ1) is 10.7. The van der Waals surface area contributed by atoms with Crippen LogP contribution in [0.15, 0.2) is 45.5 Å². The molecule has 116 valence electrons. The molecule has 1 aliphatic heterocycles. The van der Waals surface area contributed by atoms with E-state index >= 15 is 0 Å². The molecule has 1 unspecified atom stereocenters. The predicted octanol–water partition coefficient (Wildman–Crippen LogP) is 3.85. The lowest BCUT2D eigenvalue weighted by molar-refractivity contribution is 0.0679. The zero-order valence-electron chi connectivity index (χ0n) is 11.9. The molecule has 1 aliphatic rings. The maximum atomic E-state index is 12.0. The molecule has 0 spiro atoms. The molecule has 1 N–H and O–H groups in total. The van der Waals surface area contributed by atoms with Crippen molar-refractivity contribution < 1.29 is 18.7 Å². The van der Waals surface area contributed by atoms with E-state index in [2.05, 4.69) is 21.2 Å². The van der Waals surface area contributed by atoms with E-state index in [0.717, 1.165) is 19.4 Å². The van der Waals surface area contributed by atoms with Crippen LogP contribution in [0.25, 0.3) is 0 Å². The first kappa shape index (κ1) is 15.1. The molecule has 1 aromatic carbocycles. The monoisotopic (exact) mass is 365 g/mol. The van der Waals surface area contributed by atoms with Crippen molar-refractivity contribution in [3.05, 3.63) is 46.8 Å². The van der Waals surface area contributed by atoms with Crippen LogP contribution in [0, 0.1) is 0 Å². The predicted molar refractivity (Wildman–Crippen MR) is 85.3 cm³/mol. The van der Waals surface area contributed by atoms with Crippen molar-refractivity contribution in [2.45, 2.75) is 18.9 Å². The largest absolute Gasteiger partial charge is 0.491 e. The number of carbonyl (C=O) groups excluding carboxylic acids is 1. The number of halogens is 1. The lowest BCUT2D eigenvalue weighted by Gasteiger charge is -2.12. The summed E-state index contributed by atoms with van der Waals surface area (Å²) in [6.45, 7) is 1.34. The summed E-state index contributed by atoms with van der Waals surface area (Å²) in [7, 11) is 0. The molecule has 0 radical (unpaired) electrons. The van der Waals surface area contributed by atoms with Gasteiger partial charge in [-0.15, -0.1) is 0 Å². The lowest BCUT2D eigenvalue weighted by atomic mass is 10.2. The average molecular weight is 366 g/mol. The Morgan fingerprint density at radius 3 is 3.00 bits per heavy atom. The van der Waals surface area contributed by atoms with Crippen LogP contribution < -0.4 is 10.1 Å². The Bertz CT molecular complexity index is 649. The Kier molecular flexibility index (Phi) is 4.80. The Morgan fingerprint density at radius 2 is 2.27 bits per heavy atom. The van der Waals surface area contributed by atoms with Gasteiger partial charge in [-0.25, -0.2) is 0 Å². The minimum absolute atomic E-state index is 0.165. The van der Waals surface area contributed by atoms with Gasteiger partial charge in [0.05, 0.1) is 6.10 Å². The van der Waals surface area contributed by atoms with E-state index in [-0.39, 0.29) is 17.8 Å². The third-order valence-electron chi connectivity index (χ3n) is 3.35. The number of benzene rings is 1. The Morgan fingerprint density at radius 1 is 1.36 bits per heavy atom. The van der Waals surface area contributed by atoms with Crippen LogP contribution >= 0.6 is 15.9 Å². The van der Waals surface area contributed by atoms with Crippen LogP contribution in [-0.4, -0.2) is 25.2 Å². The molecular weight excluding hydrogens is 350 g/mol. The van der Waals surface area contributed by atoms with Crippen molar-refractivity contribution in [1.29, 1.82) is 0 Å². The van der Waals surface area contributed by atoms with Gasteiger partial charge in [0.15, 0.2) is 10.4 Å². The van der Waals surface area contributed by atoms with Gasteiger partial charge in [-0.3, -0.25) is 4.79 Å². The van der Waals surface area contributed by atoms with Gasteiger partial charge in [-0.1, -0.05) is 6.07 Å². The first-order valence-corrected chi connectivity index (χ1v) is 7.91. The van der Waals surface area contributed by atoms with Crippen LogP contribution in [0.4, 0.5) is 5.69 Å². The highest BCUT2D eigenvalue weighted by Crippen LogP contribution is 2.21. The molecule has 0 saturated carbocycles. The third kappa shape index (κ3) is 3.90. The first-order valence-electron chi connectivity index (χ1n) is 7.12. The van der Waals surface area contributed by atoms with Crippen molar-refractivity contribution in [2.75, 3.05) is 18.5 Å². The summed E-state index contributed by atoms with van der Waals surface area (Å²) in [5, 5.41) is 2.78. The summed E-state index contributed by atoms with van der Waals surface area (Å²) < 4.78 is 17.0. The fourth-order valence-electron chi connectivity index (χ4n) is 2.26. The standard InChI is InChI=1S/C16H16BrNO4/c17-15-7-6-14(22-15)16(19)18-11-3-1-4-12(9-11)21-10-13-5-2-8-20-13/h1,3-4,6-7,9,13H,2,5,8,10H2,(H,18,19). The van der Waals surface area contributed by atoms with Crippen LogP contribution in [0.5, 0.6) is 5.75 Å². The summed E-state index contributed by atoms with van der Waals surface area (Å²) in [6, 6.07) is 10.6. The number of anilines is 1. The second kappa shape index (κ2) is 6.98. The summed E-state index contributed by atoms with van der Waals surface area (Å²) in [4.78, 5) is 12.0. The summed E-state index contributed by atoms with van der Waals surface area (Å²) in [5.74, 6) is 0.647. The van der Waals surface area contributed by atoms with Gasteiger partial charge in [-0.05, 0) is 53.0 Å². The highest BCUT2D eigenvalue weighted by molar-refractivity contribution is 9.10. The van der Waals surface area contributed by atoms with E-state index < -0.39 is 0 Å². The molecule has 22 heavy (non-hydrogen) atoms. The van der Waals surface area contributed by atoms with Gasteiger partial charge in [0.2, 0.25) is 0 Å². The molecule has 1 atom stereocenters. The Hall–Kier alpha value is -1.79. The van der Waals surface area contributed by atoms with E-state index in [1.54, 1.807) is 24.3 Å². The van der Waals surface area contributed by atoms with Crippen molar-refractivity contribution in [3.63, 3.8) is 0 Å². The Labute approximate surface area is 136 Å². The number of rotatable bonds is 5. The minimum Gasteiger partial charge on any atom is -0.491 e. The average Bonchev–Trinajstić information content (AvgIpc) is 3.17. The fraction of sp³-hybridized carbons (Fsp3) is 0.312. The fourth-order valence-corrected chi connectivity index (χ4v) is 2.56. The van der Waals surface area contributed by atoms with E-state index in [9.17, 15) is 4.79 Å². The number of hydrogen-bond acceptors (Lipinski definition) is 4. The number of nitrogens with one attached hydrogen (secondary N) is 1. The topological polar surface area (TPSA) is 60.7 Å². The highest BCUT2D eigenvalue weighted by atomic mass is 79.9. The zero-order valence-corrected chi connectivity index (χ0v) is 13.5. The molecule has 2 aromatic rings. The molecule has 1 saturated heterocycles. The smallest absolute Gasteiger partial charge is 0.291 e. The highest BCUT2D eigenvalue weighted by Gasteiger charge is 2.16. The second-order valence-corrected chi connectivity index (χ2v) is 5.81. The minimum atomic E-state index is -0.304. The van der Waals surface area contributed by atoms with Gasteiger partial charge < -0.3 is 19.2 Å². The number of carbonyl (C=O) groups is 1. The van der Waals surface area contributed by atoms with Gasteiger partial charge in [0.25, 0.3) is 5.91 Å². The zero-order chi connectivity index (χ0) is 15.4. The van der Waals surface area contributed by atoms with Crippen LogP contribution in [0.1, 0.15) is 23.4 Å². The molecule has 3 rings (SSSR count). The molecule has 1 amide bonds. The quantitative estimate of drug-likeness (QED) is 0.873. The lowest BCUT2D eigenvalue weighted by Crippen LogP contribution is -2.16. The number of ether oxygens (including phenoxy) is 2. The van der Waals surface area contributed by atoms with Crippen molar-refractivity contribution in [2.24, 2.45) is 0 Å². The number of hydrogen-bond donors (Lipinski definition) is 1. The molecule has 0 aliphatic carbocycles. The molecule has 5 nitrogen and oxygen atoms in total. The summed E-state index contributed by atoms with van der Waals surface area (Å²) in [5.41, 5.74) is 0.655. The van der Waals surface area contributed by atoms with Crippen molar-refractivity contribution >= 4 is 27.5 Å². The SMILES string of the molecule is O=C(Nc1cccc(OCC2CCCO2)c1)c1ccc(Br)o1. The van der Waals surface area contributed by atoms with E-state index in [4.69, 9.17) is 13.9 Å². The maximum Gasteiger partial charge on any atom is 0.291 e. The molecule has 2 heterocycles. The number of amides is 1. The van der Waals surface area contributed by atoms with Crippen LogP contribution in [-0.2, 0) is 4.74 Å². The number of furan rings is 1. The van der Waals surface area contributed by atoms with Gasteiger partial charge in [0, 0.05) is 18.4 Å². The second-order valence-electron chi connectivity index (χ2n) is 5.03. The van der Waals surface area contributed by atoms with Crippen molar-refractivity contribution in [1.82, 2.24) is 0 Å². The van der Waals surface area contributed by atoms with Gasteiger partial charge in [-0.2, -0.15) is 0 Å². The van der Waals surface area contributed by atoms with E-state index in [1.807, 2.05) is 12.1 Å². The normalized spacial score (nSPS) is 17.4. The molecule has 6 heteroatoms. The molecular formula is C16H16BrNO4. The van der Waals surface area contributed by atoms with Gasteiger partial charge >= 0.3 is 0 Å².